The fraction of sp³-hybridized carbons (Fsp3) is 0.176. The summed E-state index contributed by atoms with van der Waals surface area (Å²) in [4.78, 5) is 8.30. The van der Waals surface area contributed by atoms with Crippen LogP contribution in [0, 0.1) is 0 Å². The van der Waals surface area contributed by atoms with Crippen molar-refractivity contribution in [3.05, 3.63) is 54.4 Å². The molecule has 0 bridgehead atoms. The van der Waals surface area contributed by atoms with Crippen molar-refractivity contribution in [2.45, 2.75) is 20.4 Å². The molecule has 0 aliphatic heterocycles. The molecule has 0 aliphatic carbocycles. The molecule has 0 amide bonds. The number of allylic oxidation sites excluding steroid dienone is 2. The Morgan fingerprint density at radius 1 is 1.24 bits per heavy atom. The van der Waals surface area contributed by atoms with Crippen molar-refractivity contribution in [2.24, 2.45) is 0 Å². The van der Waals surface area contributed by atoms with E-state index in [9.17, 15) is 0 Å². The maximum Gasteiger partial charge on any atom is 0.220 e. The van der Waals surface area contributed by atoms with Gasteiger partial charge < -0.3 is 10.3 Å². The third kappa shape index (κ3) is 2.65. The van der Waals surface area contributed by atoms with Crippen molar-refractivity contribution in [3.63, 3.8) is 0 Å². The number of nitrogen functional groups attached to an aromatic ring is 1. The van der Waals surface area contributed by atoms with E-state index in [0.29, 0.717) is 5.95 Å². The third-order valence-corrected chi connectivity index (χ3v) is 3.43. The Bertz CT molecular complexity index is 811. The van der Waals surface area contributed by atoms with E-state index in [1.165, 1.54) is 16.5 Å². The van der Waals surface area contributed by atoms with E-state index in [2.05, 4.69) is 58.9 Å². The Morgan fingerprint density at radius 3 is 2.81 bits per heavy atom. The van der Waals surface area contributed by atoms with Gasteiger partial charge >= 0.3 is 0 Å². The predicted molar refractivity (Wildman–Crippen MR) is 86.8 cm³/mol. The zero-order valence-electron chi connectivity index (χ0n) is 12.2. The van der Waals surface area contributed by atoms with Crippen LogP contribution in [-0.2, 0) is 6.54 Å². The number of nitrogens with zero attached hydrogens (tertiary/aromatic N) is 3. The lowest BCUT2D eigenvalue weighted by Gasteiger charge is -2.01. The Hall–Kier alpha value is -2.62. The average molecular weight is 278 g/mol. The van der Waals surface area contributed by atoms with Gasteiger partial charge in [-0.1, -0.05) is 29.8 Å². The number of fused-ring (bicyclic) bond motifs is 1. The van der Waals surface area contributed by atoms with Crippen LogP contribution >= 0.6 is 0 Å². The molecule has 2 aromatic heterocycles. The summed E-state index contributed by atoms with van der Waals surface area (Å²) < 4.78 is 2.23. The number of nitrogens with two attached hydrogens (primary N) is 1. The van der Waals surface area contributed by atoms with E-state index in [0.717, 1.165) is 17.8 Å². The second-order valence-electron chi connectivity index (χ2n) is 5.29. The second kappa shape index (κ2) is 5.40. The lowest BCUT2D eigenvalue weighted by Crippen LogP contribution is -1.95. The van der Waals surface area contributed by atoms with E-state index >= 15 is 0 Å². The summed E-state index contributed by atoms with van der Waals surface area (Å²) >= 11 is 0. The van der Waals surface area contributed by atoms with Crippen LogP contribution < -0.4 is 5.73 Å². The largest absolute Gasteiger partial charge is 0.368 e. The van der Waals surface area contributed by atoms with Crippen molar-refractivity contribution in [1.29, 1.82) is 0 Å². The van der Waals surface area contributed by atoms with E-state index in [-0.39, 0.29) is 0 Å². The van der Waals surface area contributed by atoms with Gasteiger partial charge in [-0.25, -0.2) is 9.97 Å². The van der Waals surface area contributed by atoms with Gasteiger partial charge in [0, 0.05) is 35.4 Å². The molecule has 0 spiro atoms. The second-order valence-corrected chi connectivity index (χ2v) is 5.29. The number of benzene rings is 1. The van der Waals surface area contributed by atoms with Crippen molar-refractivity contribution in [1.82, 2.24) is 14.5 Å². The quantitative estimate of drug-likeness (QED) is 0.744. The SMILES string of the molecule is CC(C)=CCn1cc(-c2ccnc(N)n2)c2ccccc21. The molecule has 3 rings (SSSR count). The first-order valence-corrected chi connectivity index (χ1v) is 6.95. The molecular formula is C17H18N4. The number of hydrogen-bond acceptors (Lipinski definition) is 3. The highest BCUT2D eigenvalue weighted by Gasteiger charge is 2.10. The Morgan fingerprint density at radius 2 is 2.05 bits per heavy atom. The molecule has 21 heavy (non-hydrogen) atoms. The highest BCUT2D eigenvalue weighted by Crippen LogP contribution is 2.29. The van der Waals surface area contributed by atoms with Gasteiger partial charge in [-0.2, -0.15) is 0 Å². The van der Waals surface area contributed by atoms with Gasteiger partial charge in [0.2, 0.25) is 5.95 Å². The summed E-state index contributed by atoms with van der Waals surface area (Å²) in [6, 6.07) is 10.2. The van der Waals surface area contributed by atoms with Crippen LogP contribution in [0.2, 0.25) is 0 Å². The first-order valence-electron chi connectivity index (χ1n) is 6.95. The molecule has 0 radical (unpaired) electrons. The highest BCUT2D eigenvalue weighted by molar-refractivity contribution is 5.95. The lowest BCUT2D eigenvalue weighted by atomic mass is 10.1. The lowest BCUT2D eigenvalue weighted by molar-refractivity contribution is 0.856. The zero-order chi connectivity index (χ0) is 14.8. The molecule has 106 valence electrons. The molecule has 0 atom stereocenters. The van der Waals surface area contributed by atoms with Crippen molar-refractivity contribution in [3.8, 4) is 11.3 Å². The number of para-hydroxylation sites is 1. The maximum absolute atomic E-state index is 5.71. The van der Waals surface area contributed by atoms with Crippen LogP contribution in [0.3, 0.4) is 0 Å². The predicted octanol–water partition coefficient (Wildman–Crippen LogP) is 3.65. The Balaban J connectivity index is 2.17. The Labute approximate surface area is 124 Å². The standard InChI is InChI=1S/C17H18N4/c1-12(2)8-10-21-11-14(13-5-3-4-6-16(13)21)15-7-9-19-17(18)20-15/h3-9,11H,10H2,1-2H3,(H2,18,19,20). The van der Waals surface area contributed by atoms with Crippen LogP contribution in [0.5, 0.6) is 0 Å². The molecule has 0 unspecified atom stereocenters. The first-order chi connectivity index (χ1) is 10.1. The molecule has 2 N–H and O–H groups in total. The van der Waals surface area contributed by atoms with E-state index in [1.807, 2.05) is 12.1 Å². The fourth-order valence-electron chi connectivity index (χ4n) is 2.41. The number of anilines is 1. The fourth-order valence-corrected chi connectivity index (χ4v) is 2.41. The molecule has 4 heteroatoms. The van der Waals surface area contributed by atoms with E-state index in [4.69, 9.17) is 5.73 Å². The summed E-state index contributed by atoms with van der Waals surface area (Å²) in [6.07, 6.45) is 6.04. The van der Waals surface area contributed by atoms with Crippen LogP contribution in [0.4, 0.5) is 5.95 Å². The minimum absolute atomic E-state index is 0.300. The van der Waals surface area contributed by atoms with E-state index in [1.54, 1.807) is 6.20 Å². The van der Waals surface area contributed by atoms with Crippen molar-refractivity contribution >= 4 is 16.9 Å². The highest BCUT2D eigenvalue weighted by atomic mass is 15.0. The third-order valence-electron chi connectivity index (χ3n) is 3.43. The normalized spacial score (nSPS) is 10.8. The zero-order valence-corrected chi connectivity index (χ0v) is 12.2. The molecule has 4 nitrogen and oxygen atoms in total. The maximum atomic E-state index is 5.71. The Kier molecular flexibility index (Phi) is 3.44. The average Bonchev–Trinajstić information content (AvgIpc) is 2.84. The number of aromatic nitrogens is 3. The summed E-state index contributed by atoms with van der Waals surface area (Å²) in [7, 11) is 0. The molecule has 1 aromatic carbocycles. The van der Waals surface area contributed by atoms with Gasteiger partial charge in [-0.3, -0.25) is 0 Å². The van der Waals surface area contributed by atoms with Gasteiger partial charge in [0.15, 0.2) is 0 Å². The topological polar surface area (TPSA) is 56.7 Å². The molecular weight excluding hydrogens is 260 g/mol. The molecule has 2 heterocycles. The van der Waals surface area contributed by atoms with Gasteiger partial charge in [-0.05, 0) is 26.0 Å². The van der Waals surface area contributed by atoms with Crippen molar-refractivity contribution in [2.75, 3.05) is 5.73 Å². The van der Waals surface area contributed by atoms with Gasteiger partial charge in [0.1, 0.15) is 0 Å². The molecule has 0 aliphatic rings. The van der Waals surface area contributed by atoms with Gasteiger partial charge in [0.05, 0.1) is 5.69 Å². The van der Waals surface area contributed by atoms with Crippen LogP contribution in [0.25, 0.3) is 22.2 Å². The van der Waals surface area contributed by atoms with Crippen LogP contribution in [0.1, 0.15) is 13.8 Å². The number of hydrogen-bond donors (Lipinski definition) is 1. The summed E-state index contributed by atoms with van der Waals surface area (Å²) in [6.45, 7) is 5.07. The van der Waals surface area contributed by atoms with Crippen LogP contribution in [0.15, 0.2) is 54.4 Å². The van der Waals surface area contributed by atoms with Gasteiger partial charge in [-0.15, -0.1) is 0 Å². The molecule has 0 saturated heterocycles. The molecule has 0 fully saturated rings. The molecule has 0 saturated carbocycles. The summed E-state index contributed by atoms with van der Waals surface area (Å²) in [5.41, 5.74) is 10.2. The summed E-state index contributed by atoms with van der Waals surface area (Å²) in [5.74, 6) is 0.300. The van der Waals surface area contributed by atoms with Gasteiger partial charge in [0.25, 0.3) is 0 Å². The van der Waals surface area contributed by atoms with Crippen LogP contribution in [-0.4, -0.2) is 14.5 Å². The minimum Gasteiger partial charge on any atom is -0.368 e. The monoisotopic (exact) mass is 278 g/mol. The molecule has 3 aromatic rings. The minimum atomic E-state index is 0.300. The van der Waals surface area contributed by atoms with E-state index < -0.39 is 0 Å². The summed E-state index contributed by atoms with van der Waals surface area (Å²) in [5, 5.41) is 1.18. The smallest absolute Gasteiger partial charge is 0.220 e. The number of rotatable bonds is 3. The first kappa shape index (κ1) is 13.4. The van der Waals surface area contributed by atoms with Crippen molar-refractivity contribution < 1.29 is 0 Å².